The molecule has 0 radical (unpaired) electrons. The van der Waals surface area contributed by atoms with Crippen LogP contribution in [0.4, 0.5) is 0 Å². The van der Waals surface area contributed by atoms with Crippen LogP contribution in [0.25, 0.3) is 0 Å². The Balaban J connectivity index is 0.000000308. The lowest BCUT2D eigenvalue weighted by Gasteiger charge is -2.40. The van der Waals surface area contributed by atoms with Crippen molar-refractivity contribution in [2.45, 2.75) is 167 Å². The second kappa shape index (κ2) is 19.2. The van der Waals surface area contributed by atoms with Gasteiger partial charge in [-0.1, -0.05) is 57.8 Å². The summed E-state index contributed by atoms with van der Waals surface area (Å²) in [5.74, 6) is 0. The van der Waals surface area contributed by atoms with Gasteiger partial charge in [0.2, 0.25) is 0 Å². The summed E-state index contributed by atoms with van der Waals surface area (Å²) >= 11 is 0. The molecular weight excluding hydrogens is 559 g/mol. The Hall–Kier alpha value is 0.884. The predicted octanol–water partition coefficient (Wildman–Crippen LogP) is 1.79. The second-order valence-electron chi connectivity index (χ2n) is 15.4. The van der Waals surface area contributed by atoms with Crippen molar-refractivity contribution in [1.29, 1.82) is 0 Å². The molecule has 3 rings (SSSR count). The maximum absolute atomic E-state index is 2.88. The highest BCUT2D eigenvalue weighted by Gasteiger charge is 2.24. The van der Waals surface area contributed by atoms with Gasteiger partial charge in [-0.2, -0.15) is 0 Å². The van der Waals surface area contributed by atoms with Crippen molar-refractivity contribution in [2.75, 3.05) is 21.1 Å². The minimum atomic E-state index is -0.220. The molecule has 0 aromatic heterocycles. The summed E-state index contributed by atoms with van der Waals surface area (Å²) in [5.41, 5.74) is 0.706. The van der Waals surface area contributed by atoms with E-state index in [9.17, 15) is 0 Å². The first-order chi connectivity index (χ1) is 18.1. The van der Waals surface area contributed by atoms with Gasteiger partial charge in [-0.25, -0.2) is 0 Å². The first kappa shape index (κ1) is 37.9. The molecule has 0 aliphatic heterocycles. The molecule has 0 heterocycles. The molecule has 0 amide bonds. The minimum absolute atomic E-state index is 0.101. The van der Waals surface area contributed by atoms with Gasteiger partial charge >= 0.3 is 0 Å². The van der Waals surface area contributed by atoms with E-state index in [1.165, 1.54) is 128 Å². The van der Waals surface area contributed by atoms with E-state index < -0.39 is 0 Å². The van der Waals surface area contributed by atoms with Crippen LogP contribution in [0.3, 0.4) is 0 Å². The monoisotopic (exact) mass is 631 g/mol. The Morgan fingerprint density at radius 2 is 0.897 bits per heavy atom. The maximum Gasteiger partial charge on any atom is 0.166 e. The normalized spacial score (nSPS) is 21.7. The van der Waals surface area contributed by atoms with E-state index in [-0.39, 0.29) is 19.7 Å². The first-order valence-corrected chi connectivity index (χ1v) is 21.8. The summed E-state index contributed by atoms with van der Waals surface area (Å²) < 4.78 is 13.3. The van der Waals surface area contributed by atoms with E-state index in [0.717, 1.165) is 18.1 Å². The van der Waals surface area contributed by atoms with Crippen molar-refractivity contribution < 1.29 is 0 Å². The van der Waals surface area contributed by atoms with Crippen molar-refractivity contribution >= 4 is 50.9 Å². The van der Waals surface area contributed by atoms with Crippen LogP contribution in [-0.4, -0.2) is 123 Å². The third-order valence-corrected chi connectivity index (χ3v) is 19.0. The lowest BCUT2D eigenvalue weighted by molar-refractivity contribution is 0.266. The standard InChI is InChI=1S/C13H30N2Si2.C9H26N2Si2.C7H17NSi/c1-14(12-8-4-2-5-9-12)17-15(16)13-10-6-3-7-11-13;1-8(2,3)10(7)13-11(12)9(4,5)6;1-8(9)7-5-3-2-4-6-7/h12-13H,2-11,17H2,1,16H3;13H2,1-7,12H3;7H,2-6H2,1,9H3. The van der Waals surface area contributed by atoms with Crippen LogP contribution in [0, 0.1) is 0 Å². The molecule has 5 nitrogen and oxygen atoms in total. The summed E-state index contributed by atoms with van der Waals surface area (Å²) in [5, 5.41) is 0. The van der Waals surface area contributed by atoms with Gasteiger partial charge in [0, 0.05) is 17.6 Å². The highest BCUT2D eigenvalue weighted by molar-refractivity contribution is 6.39. The van der Waals surface area contributed by atoms with Crippen molar-refractivity contribution in [3.05, 3.63) is 0 Å². The molecule has 39 heavy (non-hydrogen) atoms. The number of hydrogen-bond donors (Lipinski definition) is 0. The average Bonchev–Trinajstić information content (AvgIpc) is 2.89. The Labute approximate surface area is 260 Å². The van der Waals surface area contributed by atoms with E-state index >= 15 is 0 Å². The molecule has 0 unspecified atom stereocenters. The van der Waals surface area contributed by atoms with Gasteiger partial charge in [-0.15, -0.1) is 0 Å². The summed E-state index contributed by atoms with van der Waals surface area (Å²) in [6.45, 7) is 13.8. The molecule has 3 aliphatic carbocycles. The van der Waals surface area contributed by atoms with Crippen molar-refractivity contribution in [3.8, 4) is 0 Å². The van der Waals surface area contributed by atoms with Crippen molar-refractivity contribution in [1.82, 2.24) is 22.2 Å². The Morgan fingerprint density at radius 3 is 1.23 bits per heavy atom. The fourth-order valence-corrected chi connectivity index (χ4v) is 13.0. The van der Waals surface area contributed by atoms with Gasteiger partial charge in [0.25, 0.3) is 0 Å². The molecule has 0 spiro atoms. The van der Waals surface area contributed by atoms with E-state index in [1.807, 2.05) is 0 Å². The lowest BCUT2D eigenvalue weighted by Crippen LogP contribution is -2.53. The van der Waals surface area contributed by atoms with Gasteiger partial charge in [-0.3, -0.25) is 0 Å². The zero-order valence-corrected chi connectivity index (χ0v) is 37.8. The largest absolute Gasteiger partial charge is 0.343 e. The van der Waals surface area contributed by atoms with Crippen LogP contribution in [0.1, 0.15) is 138 Å². The van der Waals surface area contributed by atoms with E-state index in [1.54, 1.807) is 0 Å². The van der Waals surface area contributed by atoms with Gasteiger partial charge in [-0.05, 0) is 113 Å². The molecule has 10 heteroatoms. The van der Waals surface area contributed by atoms with Crippen molar-refractivity contribution in [3.63, 3.8) is 0 Å². The van der Waals surface area contributed by atoms with E-state index in [2.05, 4.69) is 84.8 Å². The van der Waals surface area contributed by atoms with Gasteiger partial charge in [0.05, 0.1) is 31.2 Å². The number of hydrogen-bond acceptors (Lipinski definition) is 5. The van der Waals surface area contributed by atoms with Crippen molar-refractivity contribution in [2.24, 2.45) is 0 Å². The SMILES string of the molecule is CN([SiH2]N([SiH3])C(C)(C)C)C(C)(C)C.CN([SiH2]N([SiH3])C1CCCCC1)C1CCCCC1.CN([SiH3])C1CCCCC1. The number of rotatable bonds is 7. The molecule has 3 saturated carbocycles. The van der Waals surface area contributed by atoms with E-state index in [4.69, 9.17) is 0 Å². The molecule has 0 bridgehead atoms. The molecular formula is C29H73N5Si5. The zero-order chi connectivity index (χ0) is 29.6. The molecule has 234 valence electrons. The van der Waals surface area contributed by atoms with Crippen LogP contribution in [0.15, 0.2) is 0 Å². The topological polar surface area (TPSA) is 16.2 Å². The average molecular weight is 632 g/mol. The van der Waals surface area contributed by atoms with Crippen LogP contribution in [0.2, 0.25) is 0 Å². The van der Waals surface area contributed by atoms with E-state index in [0.29, 0.717) is 11.1 Å². The lowest BCUT2D eigenvalue weighted by atomic mass is 9.96. The summed E-state index contributed by atoms with van der Waals surface area (Å²) in [6.07, 6.45) is 22.2. The molecule has 0 aromatic carbocycles. The number of nitrogens with zero attached hydrogens (tertiary/aromatic N) is 5. The quantitative estimate of drug-likeness (QED) is 0.398. The fourth-order valence-electron chi connectivity index (χ4n) is 5.97. The maximum atomic E-state index is 2.88. The summed E-state index contributed by atoms with van der Waals surface area (Å²) in [7, 11) is 10.3. The molecule has 3 fully saturated rings. The molecule has 0 atom stereocenters. The molecule has 0 N–H and O–H groups in total. The zero-order valence-electron chi connectivity index (χ0n) is 29.0. The van der Waals surface area contributed by atoms with Gasteiger partial charge in [0.15, 0.2) is 19.7 Å². The highest BCUT2D eigenvalue weighted by Crippen LogP contribution is 2.24. The molecule has 0 aromatic rings. The predicted molar refractivity (Wildman–Crippen MR) is 194 cm³/mol. The molecule has 0 saturated heterocycles. The first-order valence-electron chi connectivity index (χ1n) is 16.6. The van der Waals surface area contributed by atoms with Gasteiger partial charge < -0.3 is 22.2 Å². The van der Waals surface area contributed by atoms with Gasteiger partial charge in [0.1, 0.15) is 0 Å². The second-order valence-corrected chi connectivity index (χ2v) is 26.0. The Bertz CT molecular complexity index is 570. The minimum Gasteiger partial charge on any atom is -0.343 e. The highest BCUT2D eigenvalue weighted by atomic mass is 28.3. The van der Waals surface area contributed by atoms with Crippen LogP contribution in [0.5, 0.6) is 0 Å². The third kappa shape index (κ3) is 16.3. The van der Waals surface area contributed by atoms with Crippen LogP contribution in [-0.2, 0) is 0 Å². The third-order valence-electron chi connectivity index (χ3n) is 9.86. The summed E-state index contributed by atoms with van der Waals surface area (Å²) in [4.78, 5) is 0. The smallest absolute Gasteiger partial charge is 0.166 e. The van der Waals surface area contributed by atoms with Crippen LogP contribution < -0.4 is 0 Å². The summed E-state index contributed by atoms with van der Waals surface area (Å²) in [6, 6.07) is 2.87. The molecule has 3 aliphatic rings. The fraction of sp³-hybridized carbons (Fsp3) is 1.00. The Morgan fingerprint density at radius 1 is 0.513 bits per heavy atom. The Kier molecular flexibility index (Phi) is 18.7. The van der Waals surface area contributed by atoms with Crippen LogP contribution >= 0.6 is 0 Å².